The summed E-state index contributed by atoms with van der Waals surface area (Å²) in [6.07, 6.45) is -3.42. The fourth-order valence-corrected chi connectivity index (χ4v) is 5.68. The molecular weight excluding hydrogens is 551 g/mol. The predicted octanol–water partition coefficient (Wildman–Crippen LogP) is 6.55. The SMILES string of the molecule is CSc1ccc(C(F)(F)F)cc1N1C(N2CCN(c3cccc(F)c3)CC2)=Nc2c(F)cccc2C1CC(=O)O. The summed E-state index contributed by atoms with van der Waals surface area (Å²) in [5.41, 5.74) is 0.161. The third-order valence-electron chi connectivity index (χ3n) is 6.99. The van der Waals surface area contributed by atoms with Crippen molar-refractivity contribution in [2.75, 3.05) is 42.2 Å². The Bertz CT molecular complexity index is 1460. The third kappa shape index (κ3) is 5.45. The number of aliphatic imine (C=N–C) groups is 1. The third-order valence-corrected chi connectivity index (χ3v) is 7.77. The van der Waals surface area contributed by atoms with Gasteiger partial charge >= 0.3 is 12.1 Å². The van der Waals surface area contributed by atoms with Gasteiger partial charge in [-0.3, -0.25) is 4.79 Å². The first-order valence-electron chi connectivity index (χ1n) is 12.5. The van der Waals surface area contributed by atoms with Gasteiger partial charge in [0.2, 0.25) is 5.96 Å². The van der Waals surface area contributed by atoms with Crippen LogP contribution in [0.1, 0.15) is 23.6 Å². The number of para-hydroxylation sites is 1. The fourth-order valence-electron chi connectivity index (χ4n) is 5.11. The molecule has 6 nitrogen and oxygen atoms in total. The lowest BCUT2D eigenvalue weighted by Gasteiger charge is -2.45. The molecule has 210 valence electrons. The number of alkyl halides is 3. The predicted molar refractivity (Wildman–Crippen MR) is 144 cm³/mol. The first-order chi connectivity index (χ1) is 19.1. The Morgan fingerprint density at radius 2 is 1.70 bits per heavy atom. The Balaban J connectivity index is 1.62. The molecule has 0 amide bonds. The van der Waals surface area contributed by atoms with Crippen LogP contribution in [0.15, 0.2) is 70.6 Å². The molecule has 3 aromatic rings. The molecule has 1 fully saturated rings. The number of aliphatic carboxylic acids is 1. The first-order valence-corrected chi connectivity index (χ1v) is 13.7. The van der Waals surface area contributed by atoms with Gasteiger partial charge in [0.1, 0.15) is 17.3 Å². The van der Waals surface area contributed by atoms with Gasteiger partial charge in [-0.1, -0.05) is 18.2 Å². The number of benzene rings is 3. The van der Waals surface area contributed by atoms with Crippen molar-refractivity contribution in [3.63, 3.8) is 0 Å². The largest absolute Gasteiger partial charge is 0.481 e. The van der Waals surface area contributed by atoms with E-state index in [-0.39, 0.29) is 28.7 Å². The number of guanidine groups is 1. The van der Waals surface area contributed by atoms with Crippen molar-refractivity contribution in [2.45, 2.75) is 23.5 Å². The maximum atomic E-state index is 15.1. The van der Waals surface area contributed by atoms with Gasteiger partial charge in [-0.05, 0) is 48.7 Å². The number of hydrogen-bond donors (Lipinski definition) is 1. The number of piperazine rings is 1. The smallest absolute Gasteiger partial charge is 0.416 e. The molecule has 2 aliphatic rings. The highest BCUT2D eigenvalue weighted by molar-refractivity contribution is 7.98. The normalized spacial score (nSPS) is 17.5. The van der Waals surface area contributed by atoms with E-state index < -0.39 is 36.0 Å². The second-order valence-corrected chi connectivity index (χ2v) is 10.3. The van der Waals surface area contributed by atoms with E-state index in [0.29, 0.717) is 36.8 Å². The van der Waals surface area contributed by atoms with E-state index in [1.54, 1.807) is 24.5 Å². The zero-order valence-corrected chi connectivity index (χ0v) is 22.1. The van der Waals surface area contributed by atoms with Crippen LogP contribution in [0.4, 0.5) is 39.0 Å². The number of carboxylic acid groups (broad SMARTS) is 1. The number of nitrogens with zero attached hydrogens (tertiary/aromatic N) is 4. The van der Waals surface area contributed by atoms with Crippen molar-refractivity contribution in [3.05, 3.63) is 83.4 Å². The summed E-state index contributed by atoms with van der Waals surface area (Å²) in [7, 11) is 0. The molecule has 3 aromatic carbocycles. The van der Waals surface area contributed by atoms with Crippen LogP contribution in [-0.2, 0) is 11.0 Å². The molecule has 1 N–H and O–H groups in total. The van der Waals surface area contributed by atoms with Gasteiger partial charge in [-0.2, -0.15) is 13.2 Å². The van der Waals surface area contributed by atoms with Crippen molar-refractivity contribution in [1.29, 1.82) is 0 Å². The van der Waals surface area contributed by atoms with Crippen LogP contribution in [0, 0.1) is 11.6 Å². The molecule has 0 spiro atoms. The van der Waals surface area contributed by atoms with Crippen LogP contribution in [0.25, 0.3) is 0 Å². The summed E-state index contributed by atoms with van der Waals surface area (Å²) in [5.74, 6) is -2.06. The number of fused-ring (bicyclic) bond motifs is 1. The molecule has 0 bridgehead atoms. The number of rotatable bonds is 5. The quantitative estimate of drug-likeness (QED) is 0.275. The number of hydrogen-bond acceptors (Lipinski definition) is 6. The first kappa shape index (κ1) is 27.8. The van der Waals surface area contributed by atoms with Crippen LogP contribution in [0.5, 0.6) is 0 Å². The lowest BCUT2D eigenvalue weighted by atomic mass is 9.97. The highest BCUT2D eigenvalue weighted by atomic mass is 32.2. The van der Waals surface area contributed by atoms with Gasteiger partial charge in [0, 0.05) is 42.3 Å². The van der Waals surface area contributed by atoms with Crippen LogP contribution < -0.4 is 9.80 Å². The van der Waals surface area contributed by atoms with Crippen molar-refractivity contribution in [2.24, 2.45) is 4.99 Å². The Morgan fingerprint density at radius 1 is 1.00 bits per heavy atom. The minimum Gasteiger partial charge on any atom is -0.481 e. The fraction of sp³-hybridized carbons (Fsp3) is 0.286. The van der Waals surface area contributed by atoms with Crippen LogP contribution in [0.3, 0.4) is 0 Å². The zero-order chi connectivity index (χ0) is 28.6. The molecule has 2 aliphatic heterocycles. The molecule has 40 heavy (non-hydrogen) atoms. The highest BCUT2D eigenvalue weighted by Gasteiger charge is 2.40. The molecule has 1 saturated heterocycles. The van der Waals surface area contributed by atoms with Gasteiger partial charge in [0.25, 0.3) is 0 Å². The Kier molecular flexibility index (Phi) is 7.63. The van der Waals surface area contributed by atoms with E-state index in [2.05, 4.69) is 4.99 Å². The summed E-state index contributed by atoms with van der Waals surface area (Å²) in [6.45, 7) is 1.54. The van der Waals surface area contributed by atoms with E-state index in [4.69, 9.17) is 0 Å². The molecular formula is C28H25F5N4O2S. The topological polar surface area (TPSA) is 59.4 Å². The maximum Gasteiger partial charge on any atom is 0.416 e. The summed E-state index contributed by atoms with van der Waals surface area (Å²) >= 11 is 1.21. The molecule has 0 aliphatic carbocycles. The molecule has 1 atom stereocenters. The van der Waals surface area contributed by atoms with Gasteiger partial charge in [0.05, 0.1) is 23.7 Å². The number of thioether (sulfide) groups is 1. The van der Waals surface area contributed by atoms with E-state index in [1.165, 1.54) is 47.0 Å². The molecule has 0 saturated carbocycles. The molecule has 1 unspecified atom stereocenters. The van der Waals surface area contributed by atoms with Crippen molar-refractivity contribution >= 4 is 40.8 Å². The second kappa shape index (κ2) is 11.0. The van der Waals surface area contributed by atoms with E-state index >= 15 is 4.39 Å². The molecule has 2 heterocycles. The number of carboxylic acids is 1. The van der Waals surface area contributed by atoms with Crippen LogP contribution in [0.2, 0.25) is 0 Å². The molecule has 0 radical (unpaired) electrons. The maximum absolute atomic E-state index is 15.1. The Hall–Kier alpha value is -3.80. The van der Waals surface area contributed by atoms with E-state index in [1.807, 2.05) is 9.80 Å². The minimum absolute atomic E-state index is 0.0368. The monoisotopic (exact) mass is 576 g/mol. The summed E-state index contributed by atoms with van der Waals surface area (Å²) in [5, 5.41) is 9.82. The van der Waals surface area contributed by atoms with Gasteiger partial charge in [-0.25, -0.2) is 13.8 Å². The number of anilines is 2. The Labute approximate surface area is 231 Å². The van der Waals surface area contributed by atoms with Gasteiger partial charge in [-0.15, -0.1) is 11.8 Å². The molecule has 0 aromatic heterocycles. The number of carbonyl (C=O) groups is 1. The zero-order valence-electron chi connectivity index (χ0n) is 21.3. The minimum atomic E-state index is -4.64. The molecule has 12 heteroatoms. The van der Waals surface area contributed by atoms with Gasteiger partial charge in [0.15, 0.2) is 0 Å². The van der Waals surface area contributed by atoms with Gasteiger partial charge < -0.3 is 19.8 Å². The average molecular weight is 577 g/mol. The Morgan fingerprint density at radius 3 is 2.35 bits per heavy atom. The average Bonchev–Trinajstić information content (AvgIpc) is 2.92. The van der Waals surface area contributed by atoms with Crippen molar-refractivity contribution < 1.29 is 31.9 Å². The lowest BCUT2D eigenvalue weighted by molar-refractivity contribution is -0.138. The van der Waals surface area contributed by atoms with Crippen molar-refractivity contribution in [1.82, 2.24) is 4.90 Å². The number of halogens is 5. The molecule has 5 rings (SSSR count). The van der Waals surface area contributed by atoms with Crippen LogP contribution >= 0.6 is 11.8 Å². The second-order valence-electron chi connectivity index (χ2n) is 9.41. The van der Waals surface area contributed by atoms with E-state index in [0.717, 1.165) is 12.1 Å². The lowest BCUT2D eigenvalue weighted by Crippen LogP contribution is -2.55. The standard InChI is InChI=1S/C28H25F5N4O2S/c1-40-24-9-8-17(28(31,32)33)14-23(24)37-22(16-25(38)39)20-6-3-7-21(30)26(20)34-27(37)36-12-10-35(11-13-36)19-5-2-4-18(29)15-19/h2-9,14-15,22H,10-13,16H2,1H3,(H,38,39). The van der Waals surface area contributed by atoms with Crippen molar-refractivity contribution in [3.8, 4) is 0 Å². The highest BCUT2D eigenvalue weighted by Crippen LogP contribution is 2.45. The summed E-state index contributed by atoms with van der Waals surface area (Å²) in [4.78, 5) is 22.4. The summed E-state index contributed by atoms with van der Waals surface area (Å²) < 4.78 is 70.3. The van der Waals surface area contributed by atoms with Crippen LogP contribution in [-0.4, -0.2) is 54.4 Å². The summed E-state index contributed by atoms with van der Waals surface area (Å²) in [6, 6.07) is 12.7. The van der Waals surface area contributed by atoms with E-state index in [9.17, 15) is 27.5 Å².